The van der Waals surface area contributed by atoms with Gasteiger partial charge in [-0.1, -0.05) is 12.1 Å². The van der Waals surface area contributed by atoms with E-state index in [0.29, 0.717) is 16.3 Å². The van der Waals surface area contributed by atoms with Crippen molar-refractivity contribution in [1.82, 2.24) is 19.1 Å². The number of aliphatic carboxylic acids is 1. The van der Waals surface area contributed by atoms with Crippen LogP contribution in [0.1, 0.15) is 5.69 Å². The molecule has 0 unspecified atom stereocenters. The van der Waals surface area contributed by atoms with E-state index in [-0.39, 0.29) is 21.4 Å². The molecule has 0 aliphatic rings. The lowest BCUT2D eigenvalue weighted by atomic mass is 10.2. The number of sulfone groups is 1. The van der Waals surface area contributed by atoms with Crippen LogP contribution in [0.5, 0.6) is 0 Å². The fraction of sp³-hybridized carbons (Fsp3) is 0.200. The third kappa shape index (κ3) is 4.20. The molecule has 0 radical (unpaired) electrons. The van der Waals surface area contributed by atoms with Gasteiger partial charge in [0.25, 0.3) is 0 Å². The largest absolute Gasteiger partial charge is 0.480 e. The predicted molar refractivity (Wildman–Crippen MR) is 92.3 cm³/mol. The van der Waals surface area contributed by atoms with Gasteiger partial charge in [-0.3, -0.25) is 9.48 Å². The molecule has 0 amide bonds. The van der Waals surface area contributed by atoms with E-state index in [1.807, 2.05) is 0 Å². The molecule has 28 heavy (non-hydrogen) atoms. The monoisotopic (exact) mass is 432 g/mol. The minimum Gasteiger partial charge on any atom is -0.480 e. The second-order valence-electron chi connectivity index (χ2n) is 5.69. The SMILES string of the molecule is CS(=O)(=O)c1cccc(-c2nsc(-c3cc(C(F)(F)F)nn3CC(=O)O)n2)c1. The number of halogens is 3. The van der Waals surface area contributed by atoms with Gasteiger partial charge < -0.3 is 5.11 Å². The second kappa shape index (κ2) is 6.98. The molecule has 0 bridgehead atoms. The van der Waals surface area contributed by atoms with Crippen LogP contribution >= 0.6 is 11.5 Å². The highest BCUT2D eigenvalue weighted by Crippen LogP contribution is 2.33. The number of aromatic nitrogens is 4. The van der Waals surface area contributed by atoms with Gasteiger partial charge in [0.1, 0.15) is 6.54 Å². The molecule has 1 aromatic carbocycles. The first-order chi connectivity index (χ1) is 12.9. The van der Waals surface area contributed by atoms with Gasteiger partial charge in [-0.05, 0) is 29.7 Å². The third-order valence-electron chi connectivity index (χ3n) is 3.52. The van der Waals surface area contributed by atoms with Crippen molar-refractivity contribution in [3.63, 3.8) is 0 Å². The van der Waals surface area contributed by atoms with Crippen LogP contribution < -0.4 is 0 Å². The summed E-state index contributed by atoms with van der Waals surface area (Å²) in [5.41, 5.74) is -1.05. The number of benzene rings is 1. The fourth-order valence-electron chi connectivity index (χ4n) is 2.29. The maximum absolute atomic E-state index is 12.9. The maximum Gasteiger partial charge on any atom is 0.435 e. The molecule has 3 aromatic rings. The van der Waals surface area contributed by atoms with Crippen molar-refractivity contribution in [3.05, 3.63) is 36.0 Å². The number of rotatable bonds is 5. The minimum absolute atomic E-state index is 0.0176. The van der Waals surface area contributed by atoms with Crippen LogP contribution in [0.15, 0.2) is 35.2 Å². The van der Waals surface area contributed by atoms with Crippen LogP contribution in [-0.4, -0.2) is 44.9 Å². The van der Waals surface area contributed by atoms with E-state index in [9.17, 15) is 26.4 Å². The van der Waals surface area contributed by atoms with Crippen LogP contribution in [-0.2, 0) is 27.4 Å². The van der Waals surface area contributed by atoms with Gasteiger partial charge in [0.2, 0.25) is 0 Å². The molecule has 0 fully saturated rings. The van der Waals surface area contributed by atoms with Crippen molar-refractivity contribution in [3.8, 4) is 22.1 Å². The van der Waals surface area contributed by atoms with E-state index in [2.05, 4.69) is 14.5 Å². The Morgan fingerprint density at radius 1 is 1.29 bits per heavy atom. The van der Waals surface area contributed by atoms with E-state index in [0.717, 1.165) is 17.8 Å². The molecule has 0 saturated carbocycles. The second-order valence-corrected chi connectivity index (χ2v) is 8.45. The molecule has 1 N–H and O–H groups in total. The Labute approximate surface area is 160 Å². The van der Waals surface area contributed by atoms with Gasteiger partial charge in [0.15, 0.2) is 26.4 Å². The van der Waals surface area contributed by atoms with Gasteiger partial charge in [-0.25, -0.2) is 13.4 Å². The summed E-state index contributed by atoms with van der Waals surface area (Å²) in [6, 6.07) is 6.47. The van der Waals surface area contributed by atoms with Crippen molar-refractivity contribution >= 4 is 27.3 Å². The maximum atomic E-state index is 12.9. The molecule has 0 spiro atoms. The lowest BCUT2D eigenvalue weighted by Crippen LogP contribution is -2.13. The number of nitrogens with zero attached hydrogens (tertiary/aromatic N) is 4. The molecular weight excluding hydrogens is 421 g/mol. The summed E-state index contributed by atoms with van der Waals surface area (Å²) in [6.07, 6.45) is -3.72. The Hall–Kier alpha value is -2.80. The zero-order valence-corrected chi connectivity index (χ0v) is 15.6. The average molecular weight is 432 g/mol. The lowest BCUT2D eigenvalue weighted by molar-refractivity contribution is -0.143. The van der Waals surface area contributed by atoms with Crippen molar-refractivity contribution in [2.24, 2.45) is 0 Å². The third-order valence-corrected chi connectivity index (χ3v) is 5.37. The highest BCUT2D eigenvalue weighted by molar-refractivity contribution is 7.90. The minimum atomic E-state index is -4.75. The van der Waals surface area contributed by atoms with Crippen LogP contribution in [0.3, 0.4) is 0 Å². The first-order valence-electron chi connectivity index (χ1n) is 7.46. The first kappa shape index (κ1) is 19.9. The highest BCUT2D eigenvalue weighted by Gasteiger charge is 2.35. The zero-order chi connectivity index (χ0) is 20.7. The first-order valence-corrected chi connectivity index (χ1v) is 10.1. The predicted octanol–water partition coefficient (Wildman–Crippen LogP) is 2.58. The van der Waals surface area contributed by atoms with Gasteiger partial charge in [-0.15, -0.1) is 0 Å². The molecule has 0 saturated heterocycles. The average Bonchev–Trinajstić information content (AvgIpc) is 3.20. The van der Waals surface area contributed by atoms with E-state index in [1.54, 1.807) is 6.07 Å². The number of carboxylic acid groups (broad SMARTS) is 1. The fourth-order valence-corrected chi connectivity index (χ4v) is 3.66. The highest BCUT2D eigenvalue weighted by atomic mass is 32.2. The summed E-state index contributed by atoms with van der Waals surface area (Å²) in [5.74, 6) is -1.27. The number of carbonyl (C=O) groups is 1. The van der Waals surface area contributed by atoms with Crippen LogP contribution in [0.2, 0.25) is 0 Å². The normalized spacial score (nSPS) is 12.3. The van der Waals surface area contributed by atoms with Gasteiger partial charge in [-0.2, -0.15) is 22.6 Å². The number of hydrogen-bond donors (Lipinski definition) is 1. The Bertz CT molecular complexity index is 1150. The molecule has 2 heterocycles. The number of alkyl halides is 3. The van der Waals surface area contributed by atoms with Gasteiger partial charge >= 0.3 is 12.1 Å². The Morgan fingerprint density at radius 3 is 2.61 bits per heavy atom. The van der Waals surface area contributed by atoms with Gasteiger partial charge in [0.05, 0.1) is 10.6 Å². The molecule has 0 aliphatic carbocycles. The standard InChI is InChI=1S/C15H11F3N4O4S2/c1-28(25,26)9-4-2-3-8(5-9)13-19-14(27-21-13)10-6-11(15(16,17)18)20-22(10)7-12(23)24/h2-6H,7H2,1H3,(H,23,24). The molecule has 8 nitrogen and oxygen atoms in total. The molecular formula is C15H11F3N4O4S2. The summed E-state index contributed by atoms with van der Waals surface area (Å²) in [7, 11) is -3.47. The quantitative estimate of drug-likeness (QED) is 0.659. The van der Waals surface area contributed by atoms with Crippen LogP contribution in [0.4, 0.5) is 13.2 Å². The van der Waals surface area contributed by atoms with E-state index >= 15 is 0 Å². The molecule has 0 atom stereocenters. The van der Waals surface area contributed by atoms with Crippen molar-refractivity contribution in [2.75, 3.05) is 6.26 Å². The van der Waals surface area contributed by atoms with Crippen LogP contribution in [0.25, 0.3) is 22.1 Å². The summed E-state index contributed by atoms with van der Waals surface area (Å²) in [4.78, 5) is 15.1. The van der Waals surface area contributed by atoms with Crippen molar-refractivity contribution in [1.29, 1.82) is 0 Å². The van der Waals surface area contributed by atoms with E-state index in [4.69, 9.17) is 5.11 Å². The number of carboxylic acids is 1. The van der Waals surface area contributed by atoms with E-state index in [1.165, 1.54) is 18.2 Å². The Kier molecular flexibility index (Phi) is 4.97. The van der Waals surface area contributed by atoms with E-state index < -0.39 is 34.2 Å². The summed E-state index contributed by atoms with van der Waals surface area (Å²) in [5, 5.41) is 12.2. The number of hydrogen-bond acceptors (Lipinski definition) is 7. The van der Waals surface area contributed by atoms with Crippen LogP contribution in [0, 0.1) is 0 Å². The molecule has 148 valence electrons. The summed E-state index contributed by atoms with van der Waals surface area (Å²) >= 11 is 0.744. The molecule has 13 heteroatoms. The molecule has 0 aliphatic heterocycles. The lowest BCUT2D eigenvalue weighted by Gasteiger charge is -2.02. The summed E-state index contributed by atoms with van der Waals surface area (Å²) in [6.45, 7) is -0.788. The Morgan fingerprint density at radius 2 is 2.00 bits per heavy atom. The molecule has 2 aromatic heterocycles. The van der Waals surface area contributed by atoms with Crippen molar-refractivity contribution in [2.45, 2.75) is 17.6 Å². The zero-order valence-electron chi connectivity index (χ0n) is 14.0. The topological polar surface area (TPSA) is 115 Å². The Balaban J connectivity index is 2.05. The van der Waals surface area contributed by atoms with Crippen molar-refractivity contribution < 1.29 is 31.5 Å². The smallest absolute Gasteiger partial charge is 0.435 e. The summed E-state index contributed by atoms with van der Waals surface area (Å²) < 4.78 is 66.9. The molecule has 3 rings (SSSR count). The van der Waals surface area contributed by atoms with Gasteiger partial charge in [0, 0.05) is 11.8 Å².